The lowest BCUT2D eigenvalue weighted by atomic mass is 9.93. The van der Waals surface area contributed by atoms with Crippen molar-refractivity contribution in [3.8, 4) is 5.75 Å². The highest BCUT2D eigenvalue weighted by Gasteiger charge is 2.48. The Hall–Kier alpha value is -2.69. The number of ether oxygens (including phenoxy) is 1. The van der Waals surface area contributed by atoms with E-state index in [1.165, 1.54) is 0 Å². The van der Waals surface area contributed by atoms with Gasteiger partial charge >= 0.3 is 0 Å². The van der Waals surface area contributed by atoms with E-state index in [1.807, 2.05) is 78.9 Å². The van der Waals surface area contributed by atoms with Gasteiger partial charge in [0.1, 0.15) is 10.7 Å². The van der Waals surface area contributed by atoms with Crippen LogP contribution in [0.5, 0.6) is 5.75 Å². The molecule has 0 saturated heterocycles. The van der Waals surface area contributed by atoms with Gasteiger partial charge in [-0.2, -0.15) is 0 Å². The number of hydrogen-bond acceptors (Lipinski definition) is 3. The third-order valence-electron chi connectivity index (χ3n) is 4.55. The first kappa shape index (κ1) is 15.8. The van der Waals surface area contributed by atoms with Gasteiger partial charge in [0, 0.05) is 28.4 Å². The molecular formula is C21H17NO2S. The molecule has 1 N–H and O–H groups in total. The number of aliphatic hydroxyl groups is 1. The minimum Gasteiger partial charge on any atom is -0.497 e. The fraction of sp³-hybridized carbons (Fsp3) is 0.0952. The molecule has 0 amide bonds. The predicted molar refractivity (Wildman–Crippen MR) is 103 cm³/mol. The molecule has 1 atom stereocenters. The minimum atomic E-state index is -1.36. The second-order valence-corrected chi connectivity index (χ2v) is 6.31. The van der Waals surface area contributed by atoms with Gasteiger partial charge in [0.2, 0.25) is 0 Å². The molecular weight excluding hydrogens is 330 g/mol. The van der Waals surface area contributed by atoms with Crippen LogP contribution < -0.4 is 9.64 Å². The van der Waals surface area contributed by atoms with Crippen molar-refractivity contribution in [3.05, 3.63) is 95.6 Å². The topological polar surface area (TPSA) is 32.7 Å². The van der Waals surface area contributed by atoms with E-state index in [1.54, 1.807) is 12.0 Å². The van der Waals surface area contributed by atoms with Crippen LogP contribution in [0, 0.1) is 0 Å². The fourth-order valence-electron chi connectivity index (χ4n) is 3.37. The van der Waals surface area contributed by atoms with Crippen LogP contribution in [-0.4, -0.2) is 17.2 Å². The number of anilines is 1. The molecule has 0 saturated carbocycles. The van der Waals surface area contributed by atoms with E-state index in [0.29, 0.717) is 10.7 Å². The van der Waals surface area contributed by atoms with Gasteiger partial charge in [0.25, 0.3) is 0 Å². The molecule has 0 aliphatic carbocycles. The molecule has 124 valence electrons. The number of benzene rings is 3. The minimum absolute atomic E-state index is 0.593. The SMILES string of the molecule is COc1cccc(N2C(=S)c3ccccc3C2(O)c2ccccc2)c1. The van der Waals surface area contributed by atoms with Crippen LogP contribution in [0.15, 0.2) is 78.9 Å². The number of nitrogens with zero attached hydrogens (tertiary/aromatic N) is 1. The largest absolute Gasteiger partial charge is 0.497 e. The Bertz CT molecular complexity index is 941. The van der Waals surface area contributed by atoms with E-state index in [0.717, 1.165) is 22.4 Å². The molecule has 0 aromatic heterocycles. The Morgan fingerprint density at radius 3 is 2.40 bits per heavy atom. The highest BCUT2D eigenvalue weighted by molar-refractivity contribution is 7.81. The summed E-state index contributed by atoms with van der Waals surface area (Å²) < 4.78 is 5.35. The summed E-state index contributed by atoms with van der Waals surface area (Å²) >= 11 is 5.73. The van der Waals surface area contributed by atoms with Crippen molar-refractivity contribution in [2.75, 3.05) is 12.0 Å². The van der Waals surface area contributed by atoms with E-state index >= 15 is 0 Å². The van der Waals surface area contributed by atoms with Gasteiger partial charge in [-0.25, -0.2) is 0 Å². The van der Waals surface area contributed by atoms with E-state index in [4.69, 9.17) is 17.0 Å². The second-order valence-electron chi connectivity index (χ2n) is 5.93. The number of rotatable bonds is 3. The average Bonchev–Trinajstić information content (AvgIpc) is 2.91. The summed E-state index contributed by atoms with van der Waals surface area (Å²) in [6, 6.07) is 24.9. The molecule has 4 rings (SSSR count). The van der Waals surface area contributed by atoms with Crippen LogP contribution in [0.2, 0.25) is 0 Å². The normalized spacial score (nSPS) is 19.0. The number of hydrogen-bond donors (Lipinski definition) is 1. The fourth-order valence-corrected chi connectivity index (χ4v) is 3.79. The second kappa shape index (κ2) is 5.99. The monoisotopic (exact) mass is 347 g/mol. The number of methoxy groups -OCH3 is 1. The third-order valence-corrected chi connectivity index (χ3v) is 4.95. The smallest absolute Gasteiger partial charge is 0.197 e. The molecule has 0 spiro atoms. The Balaban J connectivity index is 1.98. The standard InChI is InChI=1S/C21H17NO2S/c1-24-17-11-7-10-16(14-17)22-20(25)18-12-5-6-13-19(18)21(22,23)15-8-3-2-4-9-15/h2-14,23H,1H3. The quantitative estimate of drug-likeness (QED) is 0.724. The molecule has 3 aromatic rings. The van der Waals surface area contributed by atoms with Gasteiger partial charge in [-0.3, -0.25) is 4.90 Å². The zero-order valence-electron chi connectivity index (χ0n) is 13.7. The molecule has 1 aliphatic heterocycles. The van der Waals surface area contributed by atoms with Gasteiger partial charge < -0.3 is 9.84 Å². The Labute approximate surface area is 152 Å². The maximum Gasteiger partial charge on any atom is 0.197 e. The highest BCUT2D eigenvalue weighted by Crippen LogP contribution is 2.45. The molecule has 3 aromatic carbocycles. The summed E-state index contributed by atoms with van der Waals surface area (Å²) in [7, 11) is 1.62. The molecule has 4 heteroatoms. The summed E-state index contributed by atoms with van der Waals surface area (Å²) in [4.78, 5) is 2.39. The van der Waals surface area contributed by atoms with Gasteiger partial charge in [-0.1, -0.05) is 72.9 Å². The first-order valence-electron chi connectivity index (χ1n) is 8.02. The number of fused-ring (bicyclic) bond motifs is 1. The van der Waals surface area contributed by atoms with Crippen molar-refractivity contribution >= 4 is 22.9 Å². The maximum absolute atomic E-state index is 11.9. The van der Waals surface area contributed by atoms with Crippen molar-refractivity contribution in [1.29, 1.82) is 0 Å². The highest BCUT2D eigenvalue weighted by atomic mass is 32.1. The van der Waals surface area contributed by atoms with Crippen LogP contribution in [0.4, 0.5) is 5.69 Å². The summed E-state index contributed by atoms with van der Waals surface area (Å²) in [6.07, 6.45) is 0. The first-order chi connectivity index (χ1) is 12.2. The van der Waals surface area contributed by atoms with Crippen LogP contribution in [0.1, 0.15) is 16.7 Å². The molecule has 0 radical (unpaired) electrons. The Morgan fingerprint density at radius 2 is 1.64 bits per heavy atom. The van der Waals surface area contributed by atoms with E-state index < -0.39 is 5.72 Å². The average molecular weight is 347 g/mol. The van der Waals surface area contributed by atoms with E-state index in [9.17, 15) is 5.11 Å². The van der Waals surface area contributed by atoms with Gasteiger partial charge in [-0.05, 0) is 12.1 Å². The third kappa shape index (κ3) is 2.34. The summed E-state index contributed by atoms with van der Waals surface area (Å²) in [5, 5.41) is 11.9. The lowest BCUT2D eigenvalue weighted by molar-refractivity contribution is 0.0965. The Kier molecular flexibility index (Phi) is 3.79. The molecule has 3 nitrogen and oxygen atoms in total. The van der Waals surface area contributed by atoms with Crippen LogP contribution in [0.3, 0.4) is 0 Å². The van der Waals surface area contributed by atoms with Crippen LogP contribution in [0.25, 0.3) is 0 Å². The molecule has 1 unspecified atom stereocenters. The van der Waals surface area contributed by atoms with Crippen molar-refractivity contribution in [2.24, 2.45) is 0 Å². The zero-order chi connectivity index (χ0) is 17.4. The van der Waals surface area contributed by atoms with Gasteiger partial charge in [-0.15, -0.1) is 0 Å². The summed E-state index contributed by atoms with van der Waals surface area (Å²) in [5.41, 5.74) is 1.85. The van der Waals surface area contributed by atoms with E-state index in [-0.39, 0.29) is 0 Å². The van der Waals surface area contributed by atoms with Crippen molar-refractivity contribution in [1.82, 2.24) is 0 Å². The summed E-state index contributed by atoms with van der Waals surface area (Å²) in [5.74, 6) is 0.715. The first-order valence-corrected chi connectivity index (χ1v) is 8.43. The van der Waals surface area contributed by atoms with Gasteiger partial charge in [0.05, 0.1) is 7.11 Å². The zero-order valence-corrected chi connectivity index (χ0v) is 14.5. The molecule has 0 fully saturated rings. The lowest BCUT2D eigenvalue weighted by Crippen LogP contribution is -2.44. The molecule has 1 aliphatic rings. The van der Waals surface area contributed by atoms with Gasteiger partial charge in [0.15, 0.2) is 5.72 Å². The number of thiocarbonyl (C=S) groups is 1. The van der Waals surface area contributed by atoms with Crippen molar-refractivity contribution < 1.29 is 9.84 Å². The molecule has 0 bridgehead atoms. The van der Waals surface area contributed by atoms with Crippen LogP contribution >= 0.6 is 12.2 Å². The van der Waals surface area contributed by atoms with Crippen molar-refractivity contribution in [2.45, 2.75) is 5.72 Å². The Morgan fingerprint density at radius 1 is 0.920 bits per heavy atom. The lowest BCUT2D eigenvalue weighted by Gasteiger charge is -2.36. The van der Waals surface area contributed by atoms with Crippen LogP contribution in [-0.2, 0) is 5.72 Å². The van der Waals surface area contributed by atoms with E-state index in [2.05, 4.69) is 0 Å². The summed E-state index contributed by atoms with van der Waals surface area (Å²) in [6.45, 7) is 0. The maximum atomic E-state index is 11.9. The predicted octanol–water partition coefficient (Wildman–Crippen LogP) is 4.08. The molecule has 25 heavy (non-hydrogen) atoms. The molecule has 1 heterocycles. The van der Waals surface area contributed by atoms with Crippen molar-refractivity contribution in [3.63, 3.8) is 0 Å².